The maximum Gasteiger partial charge on any atom is 0.124 e. The third kappa shape index (κ3) is 1.52. The van der Waals surface area contributed by atoms with Crippen molar-refractivity contribution < 1.29 is 6.48 Å². The van der Waals surface area contributed by atoms with Crippen LogP contribution < -0.4 is 0 Å². The summed E-state index contributed by atoms with van der Waals surface area (Å²) >= 11 is 0. The Morgan fingerprint density at radius 3 is 3.25 bits per heavy atom. The fourth-order valence-corrected chi connectivity index (χ4v) is 0. The minimum Gasteiger partial charge on any atom is -0.384 e. The number of aliphatic hydroxyl groups is 1. The first-order valence-electron chi connectivity index (χ1n) is 1.42. The van der Waals surface area contributed by atoms with Crippen LogP contribution in [0, 0.1) is 12.3 Å². The largest absolute Gasteiger partial charge is 0.384 e. The van der Waals surface area contributed by atoms with Crippen molar-refractivity contribution in [2.45, 2.75) is 0 Å². The highest BCUT2D eigenvalue weighted by molar-refractivity contribution is 4.81. The van der Waals surface area contributed by atoms with E-state index in [1.54, 1.807) is 6.40 Å². The van der Waals surface area contributed by atoms with E-state index in [-0.39, 0.29) is 6.61 Å². The number of rotatable bonds is 0. The second-order valence-electron chi connectivity index (χ2n) is 0.335. The third-order valence-corrected chi connectivity index (χ3v) is 0.0791. The molecule has 0 aliphatic heterocycles. The van der Waals surface area contributed by atoms with E-state index in [0.29, 0.717) is 0 Å². The molecule has 0 rings (SSSR count). The van der Waals surface area contributed by atoms with Gasteiger partial charge in [0, 0.05) is 0 Å². The molecule has 0 atom stereocenters. The summed E-state index contributed by atoms with van der Waals surface area (Å²) in [6, 6.07) is 0. The zero-order chi connectivity index (χ0) is 4.12. The molecule has 0 aromatic heterocycles. The Morgan fingerprint density at radius 1 is 2.50 bits per heavy atom. The number of aliphatic hydroxyl groups excluding tert-OH is 1. The van der Waals surface area contributed by atoms with Gasteiger partial charge in [0.15, 0.2) is 0 Å². The van der Waals surface area contributed by atoms with Gasteiger partial charge in [-0.25, -0.2) is 0 Å². The predicted octanol–water partition coefficient (Wildman–Crippen LogP) is -0.388. The van der Waals surface area contributed by atoms with Gasteiger partial charge in [0.05, 0.1) is 0 Å². The van der Waals surface area contributed by atoms with E-state index in [1.807, 2.05) is 0 Å². The van der Waals surface area contributed by atoms with Crippen molar-refractivity contribution in [3.63, 3.8) is 0 Å². The van der Waals surface area contributed by atoms with Crippen molar-refractivity contribution in [2.75, 3.05) is 6.61 Å². The molecule has 1 heteroatoms. The van der Waals surface area contributed by atoms with E-state index in [1.165, 1.54) is 0 Å². The van der Waals surface area contributed by atoms with Crippen LogP contribution in [0.2, 0.25) is 0 Å². The van der Waals surface area contributed by atoms with E-state index in [4.69, 9.17) is 6.48 Å². The Hall–Kier alpha value is -0.480. The molecule has 0 radical (unpaired) electrons. The molecule has 4 heavy (non-hydrogen) atoms. The van der Waals surface area contributed by atoms with Gasteiger partial charge in [-0.2, -0.15) is 0 Å². The molecule has 0 aliphatic rings. The lowest BCUT2D eigenvalue weighted by Gasteiger charge is -1.55. The minimum atomic E-state index is -0.205. The zero-order valence-electron chi connectivity index (χ0n) is 3.15. The van der Waals surface area contributed by atoms with Crippen molar-refractivity contribution in [2.24, 2.45) is 0 Å². The molecule has 0 fully saturated rings. The SMILES string of the molecule is [2H]C#CCO. The lowest BCUT2D eigenvalue weighted by Crippen LogP contribution is -1.64. The van der Waals surface area contributed by atoms with Gasteiger partial charge < -0.3 is 5.11 Å². The monoisotopic (exact) mass is 57.0 g/mol. The fourth-order valence-electron chi connectivity index (χ4n) is 0. The number of hydrogen-bond acceptors (Lipinski definition) is 1. The quantitative estimate of drug-likeness (QED) is 0.375. The molecular formula is C3H4O. The van der Waals surface area contributed by atoms with Crippen LogP contribution in [-0.2, 0) is 0 Å². The molecule has 1 N–H and O–H groups in total. The van der Waals surface area contributed by atoms with Crippen LogP contribution >= 0.6 is 0 Å². The predicted molar refractivity (Wildman–Crippen MR) is 15.9 cm³/mol. The Bertz CT molecular complexity index is 59.0. The molecule has 0 bridgehead atoms. The van der Waals surface area contributed by atoms with Crippen LogP contribution in [0.1, 0.15) is 1.37 Å². The van der Waals surface area contributed by atoms with Gasteiger partial charge in [0.2, 0.25) is 0 Å². The van der Waals surface area contributed by atoms with Gasteiger partial charge in [-0.05, 0) is 0 Å². The van der Waals surface area contributed by atoms with E-state index in [2.05, 4.69) is 5.92 Å². The third-order valence-electron chi connectivity index (χ3n) is 0.0791. The van der Waals surface area contributed by atoms with Crippen LogP contribution in [0.4, 0.5) is 0 Å². The number of terminal acetylenes is 1. The van der Waals surface area contributed by atoms with Crippen molar-refractivity contribution in [3.8, 4) is 12.3 Å². The van der Waals surface area contributed by atoms with Crippen LogP contribution in [-0.4, -0.2) is 11.7 Å². The van der Waals surface area contributed by atoms with Gasteiger partial charge in [-0.15, -0.1) is 6.40 Å². The summed E-state index contributed by atoms with van der Waals surface area (Å²) in [5.74, 6) is 2.08. The van der Waals surface area contributed by atoms with Gasteiger partial charge in [0.25, 0.3) is 0 Å². The molecule has 0 aromatic carbocycles. The Balaban J connectivity index is 2.81. The zero-order valence-corrected chi connectivity index (χ0v) is 2.15. The molecular weight excluding hydrogens is 52.0 g/mol. The molecule has 1 nitrogen and oxygen atoms in total. The summed E-state index contributed by atoms with van der Waals surface area (Å²) in [6.07, 6.45) is 1.77. The fraction of sp³-hybridized carbons (Fsp3) is 0.333. The molecule has 0 amide bonds. The van der Waals surface area contributed by atoms with E-state index < -0.39 is 0 Å². The highest BCUT2D eigenvalue weighted by Gasteiger charge is 1.43. The lowest BCUT2D eigenvalue weighted by atomic mass is 10.8. The van der Waals surface area contributed by atoms with E-state index in [9.17, 15) is 0 Å². The smallest absolute Gasteiger partial charge is 0.124 e. The molecule has 0 aliphatic carbocycles. The minimum absolute atomic E-state index is 0.205. The Labute approximate surface area is 26.7 Å². The van der Waals surface area contributed by atoms with Crippen LogP contribution in [0.15, 0.2) is 0 Å². The summed E-state index contributed by atoms with van der Waals surface area (Å²) in [4.78, 5) is 0. The lowest BCUT2D eigenvalue weighted by molar-refractivity contribution is 0.351. The molecule has 0 saturated carbocycles. The van der Waals surface area contributed by atoms with Gasteiger partial charge >= 0.3 is 0 Å². The van der Waals surface area contributed by atoms with Gasteiger partial charge in [-0.1, -0.05) is 5.92 Å². The first-order chi connectivity index (χ1) is 2.41. The topological polar surface area (TPSA) is 20.2 Å². The summed E-state index contributed by atoms with van der Waals surface area (Å²) < 4.78 is 6.08. The standard InChI is InChI=1S/C3H4O/c1-2-3-4/h1,4H,3H2/i1D. The maximum atomic E-state index is 7.77. The highest BCUT2D eigenvalue weighted by Crippen LogP contribution is 1.34. The van der Waals surface area contributed by atoms with Crippen molar-refractivity contribution in [1.82, 2.24) is 0 Å². The van der Waals surface area contributed by atoms with Crippen molar-refractivity contribution >= 4 is 0 Å². The van der Waals surface area contributed by atoms with E-state index in [0.717, 1.165) is 0 Å². The Kier molecular flexibility index (Phi) is 1.14. The molecule has 0 saturated heterocycles. The summed E-state index contributed by atoms with van der Waals surface area (Å²) in [5, 5.41) is 7.77. The van der Waals surface area contributed by atoms with Crippen LogP contribution in [0.25, 0.3) is 0 Å². The van der Waals surface area contributed by atoms with Gasteiger partial charge in [-0.3, -0.25) is 0 Å². The summed E-state index contributed by atoms with van der Waals surface area (Å²) in [6.45, 7) is -0.205. The average Bonchev–Trinajstić information content (AvgIpc) is 1.41. The molecule has 22 valence electrons. The first kappa shape index (κ1) is 1.80. The normalized spacial score (nSPS) is 6.75. The number of hydrogen-bond donors (Lipinski definition) is 1. The van der Waals surface area contributed by atoms with Crippen LogP contribution in [0.3, 0.4) is 0 Å². The summed E-state index contributed by atoms with van der Waals surface area (Å²) in [5.41, 5.74) is 0. The first-order valence-corrected chi connectivity index (χ1v) is 0.920. The maximum absolute atomic E-state index is 7.77. The van der Waals surface area contributed by atoms with Gasteiger partial charge in [0.1, 0.15) is 7.98 Å². The molecule has 0 aromatic rings. The van der Waals surface area contributed by atoms with E-state index >= 15 is 0 Å². The molecule has 0 heterocycles. The second-order valence-corrected chi connectivity index (χ2v) is 0.335. The van der Waals surface area contributed by atoms with Crippen molar-refractivity contribution in [3.05, 3.63) is 0 Å². The molecule has 0 unspecified atom stereocenters. The second kappa shape index (κ2) is 2.52. The summed E-state index contributed by atoms with van der Waals surface area (Å²) in [7, 11) is 0. The molecule has 0 spiro atoms. The van der Waals surface area contributed by atoms with Crippen molar-refractivity contribution in [1.29, 1.82) is 0 Å². The highest BCUT2D eigenvalue weighted by atomic mass is 16.2. The average molecular weight is 57.1 g/mol. The van der Waals surface area contributed by atoms with Crippen LogP contribution in [0.5, 0.6) is 0 Å². The Morgan fingerprint density at radius 2 is 3.25 bits per heavy atom.